The standard InChI is InChI=1S/C26H27N3O2S/c1-31-23-8-4-3-7-21(23)19-9-11-20(12-10-19)25-27-22-13-18-32-24(22)26(30)29(25)17-16-28-14-5-2-6-15-28/h3-4,7-13,18H,2,5-6,14-17H2,1H3. The van der Waals surface area contributed by atoms with Crippen LogP contribution in [0.25, 0.3) is 32.7 Å². The van der Waals surface area contributed by atoms with E-state index in [4.69, 9.17) is 9.72 Å². The fourth-order valence-corrected chi connectivity index (χ4v) is 5.26. The van der Waals surface area contributed by atoms with Crippen molar-refractivity contribution in [2.75, 3.05) is 26.7 Å². The van der Waals surface area contributed by atoms with Gasteiger partial charge in [0.2, 0.25) is 0 Å². The Morgan fingerprint density at radius 3 is 2.47 bits per heavy atom. The van der Waals surface area contributed by atoms with E-state index in [1.807, 2.05) is 34.2 Å². The molecule has 1 aliphatic heterocycles. The number of hydrogen-bond acceptors (Lipinski definition) is 5. The van der Waals surface area contributed by atoms with Gasteiger partial charge in [-0.2, -0.15) is 0 Å². The molecular formula is C26H27N3O2S. The number of nitrogens with zero attached hydrogens (tertiary/aromatic N) is 3. The SMILES string of the molecule is COc1ccccc1-c1ccc(-c2nc3ccsc3c(=O)n2CCN2CCCCC2)cc1. The minimum atomic E-state index is 0.0609. The first-order valence-electron chi connectivity index (χ1n) is 11.2. The fourth-order valence-electron chi connectivity index (χ4n) is 4.48. The zero-order valence-corrected chi connectivity index (χ0v) is 19.1. The van der Waals surface area contributed by atoms with Crippen molar-refractivity contribution in [2.24, 2.45) is 0 Å². The van der Waals surface area contributed by atoms with E-state index < -0.39 is 0 Å². The Morgan fingerprint density at radius 1 is 0.938 bits per heavy atom. The van der Waals surface area contributed by atoms with Gasteiger partial charge >= 0.3 is 0 Å². The van der Waals surface area contributed by atoms with Crippen molar-refractivity contribution < 1.29 is 4.74 Å². The summed E-state index contributed by atoms with van der Waals surface area (Å²) in [5.74, 6) is 1.58. The molecule has 0 bridgehead atoms. The number of rotatable bonds is 6. The highest BCUT2D eigenvalue weighted by atomic mass is 32.1. The molecule has 0 spiro atoms. The zero-order chi connectivity index (χ0) is 21.9. The maximum absolute atomic E-state index is 13.3. The summed E-state index contributed by atoms with van der Waals surface area (Å²) >= 11 is 1.47. The van der Waals surface area contributed by atoms with Crippen LogP contribution in [0.5, 0.6) is 5.75 Å². The third-order valence-corrected chi connectivity index (χ3v) is 7.11. The molecule has 3 heterocycles. The molecule has 6 heteroatoms. The van der Waals surface area contributed by atoms with Crippen LogP contribution in [0.1, 0.15) is 19.3 Å². The summed E-state index contributed by atoms with van der Waals surface area (Å²) in [5.41, 5.74) is 3.91. The lowest BCUT2D eigenvalue weighted by molar-refractivity contribution is 0.220. The highest BCUT2D eigenvalue weighted by Crippen LogP contribution is 2.31. The van der Waals surface area contributed by atoms with Gasteiger partial charge in [-0.25, -0.2) is 4.98 Å². The second-order valence-corrected chi connectivity index (χ2v) is 9.12. The first-order valence-corrected chi connectivity index (χ1v) is 12.1. The number of hydrogen-bond donors (Lipinski definition) is 0. The van der Waals surface area contributed by atoms with Gasteiger partial charge in [-0.3, -0.25) is 9.36 Å². The molecule has 32 heavy (non-hydrogen) atoms. The van der Waals surface area contributed by atoms with Crippen LogP contribution >= 0.6 is 11.3 Å². The molecule has 0 unspecified atom stereocenters. The average Bonchev–Trinajstić information content (AvgIpc) is 3.33. The molecule has 5 nitrogen and oxygen atoms in total. The minimum absolute atomic E-state index is 0.0609. The summed E-state index contributed by atoms with van der Waals surface area (Å²) in [7, 11) is 1.69. The number of ether oxygens (including phenoxy) is 1. The molecule has 0 aliphatic carbocycles. The summed E-state index contributed by atoms with van der Waals surface area (Å²) in [6.07, 6.45) is 3.80. The van der Waals surface area contributed by atoms with Crippen LogP contribution in [0.2, 0.25) is 0 Å². The van der Waals surface area contributed by atoms with Crippen molar-refractivity contribution >= 4 is 21.6 Å². The van der Waals surface area contributed by atoms with E-state index >= 15 is 0 Å². The highest BCUT2D eigenvalue weighted by Gasteiger charge is 2.16. The van der Waals surface area contributed by atoms with Gasteiger partial charge < -0.3 is 9.64 Å². The second-order valence-electron chi connectivity index (χ2n) is 8.21. The van der Waals surface area contributed by atoms with E-state index in [0.717, 1.165) is 58.1 Å². The molecular weight excluding hydrogens is 418 g/mol. The van der Waals surface area contributed by atoms with E-state index in [0.29, 0.717) is 6.54 Å². The molecule has 0 amide bonds. The number of likely N-dealkylation sites (tertiary alicyclic amines) is 1. The summed E-state index contributed by atoms with van der Waals surface area (Å²) in [5, 5.41) is 1.95. The highest BCUT2D eigenvalue weighted by molar-refractivity contribution is 7.17. The van der Waals surface area contributed by atoms with Gasteiger partial charge in [-0.15, -0.1) is 11.3 Å². The van der Waals surface area contributed by atoms with Crippen LogP contribution in [0.4, 0.5) is 0 Å². The van der Waals surface area contributed by atoms with Gasteiger partial charge in [0, 0.05) is 24.2 Å². The number of methoxy groups -OCH3 is 1. The van der Waals surface area contributed by atoms with Crippen LogP contribution in [0, 0.1) is 0 Å². The molecule has 0 atom stereocenters. The molecule has 5 rings (SSSR count). The Labute approximate surface area is 191 Å². The Bertz CT molecular complexity index is 1270. The van der Waals surface area contributed by atoms with Crippen molar-refractivity contribution in [3.05, 3.63) is 70.3 Å². The van der Waals surface area contributed by atoms with Gasteiger partial charge in [0.15, 0.2) is 0 Å². The van der Waals surface area contributed by atoms with Crippen molar-refractivity contribution in [3.63, 3.8) is 0 Å². The van der Waals surface area contributed by atoms with Gasteiger partial charge in [-0.1, -0.05) is 48.9 Å². The Balaban J connectivity index is 1.51. The number of para-hydroxylation sites is 1. The van der Waals surface area contributed by atoms with Crippen molar-refractivity contribution in [1.29, 1.82) is 0 Å². The molecule has 2 aromatic heterocycles. The van der Waals surface area contributed by atoms with Gasteiger partial charge in [0.25, 0.3) is 5.56 Å². The molecule has 1 fully saturated rings. The summed E-state index contributed by atoms with van der Waals surface area (Å²) in [4.78, 5) is 20.7. The quantitative estimate of drug-likeness (QED) is 0.405. The number of piperidine rings is 1. The van der Waals surface area contributed by atoms with Crippen LogP contribution in [0.3, 0.4) is 0 Å². The Hall–Kier alpha value is -2.96. The first-order chi connectivity index (χ1) is 15.7. The number of fused-ring (bicyclic) bond motifs is 1. The lowest BCUT2D eigenvalue weighted by Crippen LogP contribution is -2.35. The van der Waals surface area contributed by atoms with E-state index in [2.05, 4.69) is 35.2 Å². The molecule has 0 saturated carbocycles. The summed E-state index contributed by atoms with van der Waals surface area (Å²) in [6.45, 7) is 3.77. The largest absolute Gasteiger partial charge is 0.496 e. The molecule has 2 aromatic carbocycles. The van der Waals surface area contributed by atoms with E-state index in [1.165, 1.54) is 30.6 Å². The Morgan fingerprint density at radius 2 is 1.69 bits per heavy atom. The summed E-state index contributed by atoms with van der Waals surface area (Å²) in [6, 6.07) is 18.2. The summed E-state index contributed by atoms with van der Waals surface area (Å²) < 4.78 is 8.12. The lowest BCUT2D eigenvalue weighted by atomic mass is 10.0. The van der Waals surface area contributed by atoms with Crippen LogP contribution in [-0.4, -0.2) is 41.2 Å². The zero-order valence-electron chi connectivity index (χ0n) is 18.3. The average molecular weight is 446 g/mol. The minimum Gasteiger partial charge on any atom is -0.496 e. The van der Waals surface area contributed by atoms with Crippen LogP contribution in [0.15, 0.2) is 64.8 Å². The fraction of sp³-hybridized carbons (Fsp3) is 0.308. The van der Waals surface area contributed by atoms with Crippen LogP contribution < -0.4 is 10.3 Å². The predicted molar refractivity (Wildman–Crippen MR) is 132 cm³/mol. The maximum Gasteiger partial charge on any atom is 0.271 e. The lowest BCUT2D eigenvalue weighted by Gasteiger charge is -2.27. The number of benzene rings is 2. The predicted octanol–water partition coefficient (Wildman–Crippen LogP) is 5.29. The molecule has 164 valence electrons. The smallest absolute Gasteiger partial charge is 0.271 e. The molecule has 1 saturated heterocycles. The molecule has 4 aromatic rings. The number of thiophene rings is 1. The number of aromatic nitrogens is 2. The third-order valence-electron chi connectivity index (χ3n) is 6.22. The maximum atomic E-state index is 13.3. The van der Waals surface area contributed by atoms with Crippen molar-refractivity contribution in [3.8, 4) is 28.3 Å². The van der Waals surface area contributed by atoms with E-state index in [-0.39, 0.29) is 5.56 Å². The monoisotopic (exact) mass is 445 g/mol. The van der Waals surface area contributed by atoms with Gasteiger partial charge in [-0.05, 0) is 49.0 Å². The van der Waals surface area contributed by atoms with Gasteiger partial charge in [0.05, 0.1) is 12.6 Å². The Kier molecular flexibility index (Phi) is 6.06. The van der Waals surface area contributed by atoms with Crippen molar-refractivity contribution in [2.45, 2.75) is 25.8 Å². The van der Waals surface area contributed by atoms with Crippen molar-refractivity contribution in [1.82, 2.24) is 14.5 Å². The normalized spacial score (nSPS) is 14.7. The molecule has 0 radical (unpaired) electrons. The first kappa shape index (κ1) is 20.9. The molecule has 0 N–H and O–H groups in total. The van der Waals surface area contributed by atoms with Crippen LogP contribution in [-0.2, 0) is 6.54 Å². The topological polar surface area (TPSA) is 47.4 Å². The van der Waals surface area contributed by atoms with E-state index in [1.54, 1.807) is 7.11 Å². The van der Waals surface area contributed by atoms with Gasteiger partial charge in [0.1, 0.15) is 16.3 Å². The second kappa shape index (κ2) is 9.27. The third kappa shape index (κ3) is 4.08. The molecule has 1 aliphatic rings. The van der Waals surface area contributed by atoms with E-state index in [9.17, 15) is 4.79 Å².